The summed E-state index contributed by atoms with van der Waals surface area (Å²) < 4.78 is 12.4. The van der Waals surface area contributed by atoms with E-state index in [1.54, 1.807) is 7.11 Å². The van der Waals surface area contributed by atoms with Gasteiger partial charge in [0.05, 0.1) is 18.2 Å². The minimum atomic E-state index is -0.631. The summed E-state index contributed by atoms with van der Waals surface area (Å²) in [5, 5.41) is 2.20. The zero-order valence-electron chi connectivity index (χ0n) is 39.2. The Morgan fingerprint density at radius 3 is 1.61 bits per heavy atom. The van der Waals surface area contributed by atoms with E-state index in [1.807, 2.05) is 12.1 Å². The number of hydrogen-bond acceptors (Lipinski definition) is 3. The van der Waals surface area contributed by atoms with Crippen LogP contribution in [0.2, 0.25) is 0 Å². The van der Waals surface area contributed by atoms with Gasteiger partial charge in [-0.2, -0.15) is 0 Å². The molecule has 1 aliphatic rings. The standard InChI is InChI=1S/C68H47NO2/c1-70-57-39-33-49(34-40-57)51-35-41-60-63(45-51)68(53-22-10-4-11-23-53,54-24-12-5-13-25-54)62-29-16-30-64(66(60)62)69(55-37-31-48(32-38-55)46-17-6-2-7-18-46)56-26-14-21-52(43-56)58-27-15-28-59-61-44-50(47-19-8-3-9-20-47)36-42-65(61)71-67(58)59/h2-45H,1H3. The van der Waals surface area contributed by atoms with Crippen molar-refractivity contribution in [1.29, 1.82) is 0 Å². The van der Waals surface area contributed by atoms with Gasteiger partial charge in [-0.1, -0.05) is 206 Å². The Labute approximate surface area is 414 Å². The van der Waals surface area contributed by atoms with Crippen molar-refractivity contribution in [3.63, 3.8) is 0 Å². The van der Waals surface area contributed by atoms with Gasteiger partial charge in [-0.25, -0.2) is 0 Å². The molecule has 0 atom stereocenters. The maximum atomic E-state index is 6.79. The molecule has 0 saturated heterocycles. The van der Waals surface area contributed by atoms with Crippen LogP contribution in [0, 0.1) is 0 Å². The monoisotopic (exact) mass is 909 g/mol. The van der Waals surface area contributed by atoms with Gasteiger partial charge >= 0.3 is 0 Å². The normalized spacial score (nSPS) is 12.4. The van der Waals surface area contributed by atoms with E-state index < -0.39 is 5.41 Å². The Morgan fingerprint density at radius 2 is 0.915 bits per heavy atom. The van der Waals surface area contributed by atoms with Gasteiger partial charge < -0.3 is 14.1 Å². The second kappa shape index (κ2) is 17.4. The summed E-state index contributed by atoms with van der Waals surface area (Å²) >= 11 is 0. The molecule has 71 heavy (non-hydrogen) atoms. The number of furan rings is 1. The number of fused-ring (bicyclic) bond motifs is 6. The zero-order chi connectivity index (χ0) is 47.3. The van der Waals surface area contributed by atoms with Gasteiger partial charge in [0.2, 0.25) is 0 Å². The van der Waals surface area contributed by atoms with Crippen LogP contribution in [0.3, 0.4) is 0 Å². The first-order chi connectivity index (χ1) is 35.2. The van der Waals surface area contributed by atoms with Crippen LogP contribution < -0.4 is 9.64 Å². The van der Waals surface area contributed by atoms with Crippen molar-refractivity contribution < 1.29 is 9.15 Å². The lowest BCUT2D eigenvalue weighted by molar-refractivity contribution is 0.415. The fourth-order valence-corrected chi connectivity index (χ4v) is 11.2. The number of nitrogens with zero attached hydrogens (tertiary/aromatic N) is 1. The molecule has 3 nitrogen and oxygen atoms in total. The predicted molar refractivity (Wildman–Crippen MR) is 294 cm³/mol. The summed E-state index contributed by atoms with van der Waals surface area (Å²) in [5.74, 6) is 0.836. The van der Waals surface area contributed by atoms with Crippen LogP contribution in [0.15, 0.2) is 271 Å². The van der Waals surface area contributed by atoms with E-state index in [4.69, 9.17) is 9.15 Å². The van der Waals surface area contributed by atoms with E-state index in [-0.39, 0.29) is 0 Å². The van der Waals surface area contributed by atoms with Crippen molar-refractivity contribution in [2.24, 2.45) is 0 Å². The second-order valence-electron chi connectivity index (χ2n) is 18.3. The molecule has 0 N–H and O–H groups in total. The average molecular weight is 910 g/mol. The molecule has 12 aromatic rings. The smallest absolute Gasteiger partial charge is 0.143 e. The maximum Gasteiger partial charge on any atom is 0.143 e. The van der Waals surface area contributed by atoms with E-state index in [1.165, 1.54) is 50.1 Å². The molecule has 1 aromatic heterocycles. The largest absolute Gasteiger partial charge is 0.497 e. The van der Waals surface area contributed by atoms with Crippen LogP contribution in [0.1, 0.15) is 22.3 Å². The third kappa shape index (κ3) is 7.05. The van der Waals surface area contributed by atoms with Gasteiger partial charge in [-0.05, 0) is 127 Å². The highest BCUT2D eigenvalue weighted by atomic mass is 16.5. The average Bonchev–Trinajstić information content (AvgIpc) is 3.98. The second-order valence-corrected chi connectivity index (χ2v) is 18.3. The van der Waals surface area contributed by atoms with Gasteiger partial charge in [0.25, 0.3) is 0 Å². The summed E-state index contributed by atoms with van der Waals surface area (Å²) in [6, 6.07) is 96.6. The van der Waals surface area contributed by atoms with Crippen LogP contribution in [0.4, 0.5) is 17.1 Å². The lowest BCUT2D eigenvalue weighted by Crippen LogP contribution is -2.28. The first-order valence-electron chi connectivity index (χ1n) is 24.3. The topological polar surface area (TPSA) is 25.6 Å². The van der Waals surface area contributed by atoms with Crippen LogP contribution >= 0.6 is 0 Å². The van der Waals surface area contributed by atoms with Gasteiger partial charge in [0.1, 0.15) is 16.9 Å². The van der Waals surface area contributed by atoms with Crippen molar-refractivity contribution >= 4 is 39.0 Å². The van der Waals surface area contributed by atoms with Crippen molar-refractivity contribution in [3.8, 4) is 61.4 Å². The predicted octanol–water partition coefficient (Wildman–Crippen LogP) is 18.1. The number of ether oxygens (including phenoxy) is 1. The molecule has 0 fully saturated rings. The number of benzene rings is 11. The molecule has 3 heteroatoms. The first kappa shape index (κ1) is 42.0. The lowest BCUT2D eigenvalue weighted by atomic mass is 9.67. The first-order valence-corrected chi connectivity index (χ1v) is 24.3. The third-order valence-electron chi connectivity index (χ3n) is 14.5. The maximum absolute atomic E-state index is 6.79. The van der Waals surface area contributed by atoms with Crippen LogP contribution in [0.25, 0.3) is 77.6 Å². The zero-order valence-corrected chi connectivity index (χ0v) is 39.2. The Balaban J connectivity index is 1.04. The van der Waals surface area contributed by atoms with E-state index in [0.29, 0.717) is 0 Å². The van der Waals surface area contributed by atoms with Gasteiger partial charge in [-0.3, -0.25) is 0 Å². The molecule has 0 spiro atoms. The molecule has 0 radical (unpaired) electrons. The third-order valence-corrected chi connectivity index (χ3v) is 14.5. The molecule has 0 amide bonds. The highest BCUT2D eigenvalue weighted by Crippen LogP contribution is 2.60. The summed E-state index contributed by atoms with van der Waals surface area (Å²) in [6.07, 6.45) is 0. The van der Waals surface area contributed by atoms with E-state index >= 15 is 0 Å². The number of methoxy groups -OCH3 is 1. The summed E-state index contributed by atoms with van der Waals surface area (Å²) in [6.45, 7) is 0. The quantitative estimate of drug-likeness (QED) is 0.137. The van der Waals surface area contributed by atoms with Crippen molar-refractivity contribution in [3.05, 3.63) is 289 Å². The SMILES string of the molecule is COc1ccc(-c2ccc3c(c2)C(c2ccccc2)(c2ccccc2)c2cccc(N(c4ccc(-c5ccccc5)cc4)c4cccc(-c5cccc6c5oc5ccc(-c7ccccc7)cc56)c4)c2-3)cc1. The van der Waals surface area contributed by atoms with E-state index in [9.17, 15) is 0 Å². The van der Waals surface area contributed by atoms with Crippen LogP contribution in [0.5, 0.6) is 5.75 Å². The fraction of sp³-hybridized carbons (Fsp3) is 0.0294. The number of anilines is 3. The number of hydrogen-bond donors (Lipinski definition) is 0. The highest BCUT2D eigenvalue weighted by molar-refractivity contribution is 6.11. The minimum Gasteiger partial charge on any atom is -0.497 e. The van der Waals surface area contributed by atoms with Gasteiger partial charge in [0.15, 0.2) is 0 Å². The molecule has 0 saturated carbocycles. The Kier molecular flexibility index (Phi) is 10.3. The highest BCUT2D eigenvalue weighted by Gasteiger charge is 2.47. The molecule has 0 bridgehead atoms. The molecule has 1 heterocycles. The molecule has 13 rings (SSSR count). The Bertz CT molecular complexity index is 3840. The summed E-state index contributed by atoms with van der Waals surface area (Å²) in [4.78, 5) is 2.45. The molecular weight excluding hydrogens is 863 g/mol. The lowest BCUT2D eigenvalue weighted by Gasteiger charge is -2.34. The molecule has 1 aliphatic carbocycles. The van der Waals surface area contributed by atoms with Crippen molar-refractivity contribution in [2.75, 3.05) is 12.0 Å². The van der Waals surface area contributed by atoms with Gasteiger partial charge in [-0.15, -0.1) is 0 Å². The molecule has 11 aromatic carbocycles. The van der Waals surface area contributed by atoms with E-state index in [0.717, 1.165) is 72.6 Å². The summed E-state index contributed by atoms with van der Waals surface area (Å²) in [5.41, 5.74) is 20.7. The Morgan fingerprint density at radius 1 is 0.366 bits per heavy atom. The van der Waals surface area contributed by atoms with Crippen molar-refractivity contribution in [2.45, 2.75) is 5.41 Å². The van der Waals surface area contributed by atoms with Crippen molar-refractivity contribution in [1.82, 2.24) is 0 Å². The van der Waals surface area contributed by atoms with E-state index in [2.05, 4.69) is 260 Å². The summed E-state index contributed by atoms with van der Waals surface area (Å²) in [7, 11) is 1.72. The molecule has 336 valence electrons. The van der Waals surface area contributed by atoms with Gasteiger partial charge in [0, 0.05) is 33.3 Å². The molecule has 0 unspecified atom stereocenters. The molecular formula is C68H47NO2. The fourth-order valence-electron chi connectivity index (χ4n) is 11.2. The van der Waals surface area contributed by atoms with Crippen LogP contribution in [-0.4, -0.2) is 7.11 Å². The molecule has 0 aliphatic heterocycles. The van der Waals surface area contributed by atoms with Crippen LogP contribution in [-0.2, 0) is 5.41 Å². The minimum absolute atomic E-state index is 0.631. The number of rotatable bonds is 10. The number of para-hydroxylation sites is 1. The Hall–Kier alpha value is -9.18.